The lowest BCUT2D eigenvalue weighted by molar-refractivity contribution is 0.569. The Labute approximate surface area is 78.7 Å². The van der Waals surface area contributed by atoms with Crippen LogP contribution in [0.15, 0.2) is 17.3 Å². The van der Waals surface area contributed by atoms with Gasteiger partial charge in [-0.3, -0.25) is 9.98 Å². The number of aliphatic imine (C=N–C) groups is 1. The maximum atomic E-state index is 4.44. The molecule has 0 N–H and O–H groups in total. The average molecular weight is 174 g/mol. The van der Waals surface area contributed by atoms with Gasteiger partial charge in [-0.15, -0.1) is 0 Å². The van der Waals surface area contributed by atoms with Crippen LogP contribution in [0.25, 0.3) is 0 Å². The van der Waals surface area contributed by atoms with E-state index in [2.05, 4.69) is 36.8 Å². The maximum absolute atomic E-state index is 4.44. The predicted molar refractivity (Wildman–Crippen MR) is 54.8 cm³/mol. The van der Waals surface area contributed by atoms with Crippen molar-refractivity contribution in [2.75, 3.05) is 0 Å². The van der Waals surface area contributed by atoms with Gasteiger partial charge in [-0.25, -0.2) is 0 Å². The minimum Gasteiger partial charge on any atom is -0.260 e. The van der Waals surface area contributed by atoms with E-state index in [1.54, 1.807) is 0 Å². The van der Waals surface area contributed by atoms with Crippen molar-refractivity contribution in [3.05, 3.63) is 23.5 Å². The fraction of sp³-hybridized carbons (Fsp3) is 0.455. The molecule has 0 saturated carbocycles. The summed E-state index contributed by atoms with van der Waals surface area (Å²) in [5.74, 6) is 0. The lowest BCUT2D eigenvalue weighted by Crippen LogP contribution is -2.13. The SMILES string of the molecule is CC(C)(C)c1cc2c(cn1)CC=N2. The normalized spacial score (nSPS) is 14.7. The number of hydrogen-bond donors (Lipinski definition) is 0. The first-order valence-corrected chi connectivity index (χ1v) is 4.59. The molecule has 0 bridgehead atoms. The number of pyridine rings is 1. The lowest BCUT2D eigenvalue weighted by Gasteiger charge is -2.17. The molecule has 1 aliphatic heterocycles. The van der Waals surface area contributed by atoms with Gasteiger partial charge in [0.25, 0.3) is 0 Å². The quantitative estimate of drug-likeness (QED) is 0.593. The van der Waals surface area contributed by atoms with Gasteiger partial charge in [0.15, 0.2) is 0 Å². The first kappa shape index (κ1) is 8.42. The molecule has 0 amide bonds. The van der Waals surface area contributed by atoms with Crippen molar-refractivity contribution >= 4 is 11.9 Å². The number of aromatic nitrogens is 1. The highest BCUT2D eigenvalue weighted by Crippen LogP contribution is 2.28. The summed E-state index contributed by atoms with van der Waals surface area (Å²) in [4.78, 5) is 8.75. The second-order valence-electron chi connectivity index (χ2n) is 4.46. The Kier molecular flexibility index (Phi) is 1.72. The first-order valence-electron chi connectivity index (χ1n) is 4.59. The fourth-order valence-corrected chi connectivity index (χ4v) is 1.40. The Hall–Kier alpha value is -1.18. The van der Waals surface area contributed by atoms with E-state index in [9.17, 15) is 0 Å². The van der Waals surface area contributed by atoms with Crippen molar-refractivity contribution in [1.29, 1.82) is 0 Å². The molecule has 0 fully saturated rings. The summed E-state index contributed by atoms with van der Waals surface area (Å²) < 4.78 is 0. The third-order valence-electron chi connectivity index (χ3n) is 2.27. The molecule has 2 rings (SSSR count). The van der Waals surface area contributed by atoms with Crippen molar-refractivity contribution in [3.8, 4) is 0 Å². The smallest absolute Gasteiger partial charge is 0.0695 e. The standard InChI is InChI=1S/C11H14N2/c1-11(2,3)10-6-9-8(7-13-10)4-5-12-9/h5-7H,4H2,1-3H3. The third kappa shape index (κ3) is 1.48. The minimum atomic E-state index is 0.118. The van der Waals surface area contributed by atoms with Gasteiger partial charge in [-0.05, 0) is 6.07 Å². The predicted octanol–water partition coefficient (Wildman–Crippen LogP) is 2.64. The van der Waals surface area contributed by atoms with Gasteiger partial charge in [-0.2, -0.15) is 0 Å². The van der Waals surface area contributed by atoms with Gasteiger partial charge in [0.2, 0.25) is 0 Å². The molecule has 2 heteroatoms. The first-order chi connectivity index (χ1) is 6.07. The van der Waals surface area contributed by atoms with Crippen LogP contribution in [0, 0.1) is 0 Å². The summed E-state index contributed by atoms with van der Waals surface area (Å²) in [6.45, 7) is 6.50. The average Bonchev–Trinajstić information content (AvgIpc) is 2.47. The van der Waals surface area contributed by atoms with E-state index in [-0.39, 0.29) is 5.41 Å². The summed E-state index contributed by atoms with van der Waals surface area (Å²) in [5.41, 5.74) is 3.57. The Bertz CT molecular complexity index is 359. The summed E-state index contributed by atoms with van der Waals surface area (Å²) in [5, 5.41) is 0. The van der Waals surface area contributed by atoms with Gasteiger partial charge < -0.3 is 0 Å². The van der Waals surface area contributed by atoms with Crippen LogP contribution < -0.4 is 0 Å². The summed E-state index contributed by atoms with van der Waals surface area (Å²) in [6, 6.07) is 2.10. The zero-order chi connectivity index (χ0) is 9.47. The molecule has 2 nitrogen and oxygen atoms in total. The zero-order valence-electron chi connectivity index (χ0n) is 8.33. The highest BCUT2D eigenvalue weighted by Gasteiger charge is 2.17. The van der Waals surface area contributed by atoms with Crippen molar-refractivity contribution in [2.45, 2.75) is 32.6 Å². The molecular weight excluding hydrogens is 160 g/mol. The van der Waals surface area contributed by atoms with Crippen LogP contribution in [-0.2, 0) is 11.8 Å². The molecule has 0 unspecified atom stereocenters. The second kappa shape index (κ2) is 2.66. The molecule has 0 aliphatic carbocycles. The molecule has 68 valence electrons. The molecule has 0 aromatic carbocycles. The second-order valence-corrected chi connectivity index (χ2v) is 4.46. The van der Waals surface area contributed by atoms with Crippen molar-refractivity contribution in [1.82, 2.24) is 4.98 Å². The zero-order valence-corrected chi connectivity index (χ0v) is 8.33. The Morgan fingerprint density at radius 1 is 1.31 bits per heavy atom. The summed E-state index contributed by atoms with van der Waals surface area (Å²) in [6.07, 6.45) is 4.83. The van der Waals surface area contributed by atoms with E-state index in [4.69, 9.17) is 0 Å². The van der Waals surface area contributed by atoms with E-state index >= 15 is 0 Å². The van der Waals surface area contributed by atoms with E-state index in [0.29, 0.717) is 0 Å². The highest BCUT2D eigenvalue weighted by molar-refractivity contribution is 5.75. The molecule has 1 aromatic rings. The van der Waals surface area contributed by atoms with E-state index in [1.165, 1.54) is 5.56 Å². The fourth-order valence-electron chi connectivity index (χ4n) is 1.40. The Morgan fingerprint density at radius 2 is 2.08 bits per heavy atom. The topological polar surface area (TPSA) is 25.2 Å². The largest absolute Gasteiger partial charge is 0.260 e. The Balaban J connectivity index is 2.47. The monoisotopic (exact) mass is 174 g/mol. The van der Waals surface area contributed by atoms with E-state index in [0.717, 1.165) is 17.8 Å². The summed E-state index contributed by atoms with van der Waals surface area (Å²) >= 11 is 0. The lowest BCUT2D eigenvalue weighted by atomic mass is 9.91. The van der Waals surface area contributed by atoms with Gasteiger partial charge in [0, 0.05) is 35.5 Å². The molecule has 1 aromatic heterocycles. The number of hydrogen-bond acceptors (Lipinski definition) is 2. The van der Waals surface area contributed by atoms with Crippen LogP contribution in [0.2, 0.25) is 0 Å². The van der Waals surface area contributed by atoms with Crippen molar-refractivity contribution in [2.24, 2.45) is 4.99 Å². The van der Waals surface area contributed by atoms with Crippen LogP contribution in [0.1, 0.15) is 32.0 Å². The third-order valence-corrected chi connectivity index (χ3v) is 2.27. The molecule has 0 radical (unpaired) electrons. The van der Waals surface area contributed by atoms with Crippen LogP contribution in [0.4, 0.5) is 5.69 Å². The molecule has 0 atom stereocenters. The molecule has 0 spiro atoms. The maximum Gasteiger partial charge on any atom is 0.0695 e. The molecule has 13 heavy (non-hydrogen) atoms. The number of rotatable bonds is 0. The van der Waals surface area contributed by atoms with Gasteiger partial charge in [0.05, 0.1) is 5.69 Å². The Morgan fingerprint density at radius 3 is 2.77 bits per heavy atom. The van der Waals surface area contributed by atoms with Gasteiger partial charge in [-0.1, -0.05) is 20.8 Å². The van der Waals surface area contributed by atoms with Gasteiger partial charge in [0.1, 0.15) is 0 Å². The van der Waals surface area contributed by atoms with Crippen molar-refractivity contribution < 1.29 is 0 Å². The van der Waals surface area contributed by atoms with Crippen LogP contribution in [0.3, 0.4) is 0 Å². The van der Waals surface area contributed by atoms with E-state index in [1.807, 2.05) is 12.4 Å². The number of fused-ring (bicyclic) bond motifs is 1. The number of nitrogens with zero attached hydrogens (tertiary/aromatic N) is 2. The van der Waals surface area contributed by atoms with Gasteiger partial charge >= 0.3 is 0 Å². The molecule has 2 heterocycles. The molecular formula is C11H14N2. The summed E-state index contributed by atoms with van der Waals surface area (Å²) in [7, 11) is 0. The van der Waals surface area contributed by atoms with Crippen molar-refractivity contribution in [3.63, 3.8) is 0 Å². The van der Waals surface area contributed by atoms with Crippen LogP contribution >= 0.6 is 0 Å². The molecule has 1 aliphatic rings. The minimum absolute atomic E-state index is 0.118. The van der Waals surface area contributed by atoms with E-state index < -0.39 is 0 Å². The van der Waals surface area contributed by atoms with Crippen LogP contribution in [-0.4, -0.2) is 11.2 Å². The van der Waals surface area contributed by atoms with Crippen LogP contribution in [0.5, 0.6) is 0 Å². The molecule has 0 saturated heterocycles. The highest BCUT2D eigenvalue weighted by atomic mass is 14.8.